The van der Waals surface area contributed by atoms with Gasteiger partial charge in [0.15, 0.2) is 0 Å². The van der Waals surface area contributed by atoms with E-state index >= 15 is 0 Å². The van der Waals surface area contributed by atoms with E-state index in [4.69, 9.17) is 4.98 Å². The van der Waals surface area contributed by atoms with Crippen molar-refractivity contribution in [3.05, 3.63) is 63.9 Å². The van der Waals surface area contributed by atoms with E-state index in [-0.39, 0.29) is 0 Å². The highest BCUT2D eigenvalue weighted by Crippen LogP contribution is 2.37. The van der Waals surface area contributed by atoms with Gasteiger partial charge in [-0.25, -0.2) is 4.98 Å². The first-order valence-electron chi connectivity index (χ1n) is 6.15. The van der Waals surface area contributed by atoms with Crippen molar-refractivity contribution in [1.29, 1.82) is 0 Å². The molecule has 0 saturated carbocycles. The molecule has 0 atom stereocenters. The summed E-state index contributed by atoms with van der Waals surface area (Å²) in [6.45, 7) is 0. The largest absolute Gasteiger partial charge is 0.235 e. The number of halogens is 2. The maximum absolute atomic E-state index is 4.77. The summed E-state index contributed by atoms with van der Waals surface area (Å²) in [5.41, 5.74) is 4.57. The number of aromatic nitrogens is 1. The van der Waals surface area contributed by atoms with Crippen molar-refractivity contribution in [2.24, 2.45) is 0 Å². The van der Waals surface area contributed by atoms with Crippen LogP contribution in [0.15, 0.2) is 58.4 Å². The molecule has 1 heterocycles. The average molecular weight is 409 g/mol. The zero-order valence-electron chi connectivity index (χ0n) is 10.5. The van der Waals surface area contributed by atoms with E-state index in [9.17, 15) is 0 Å². The Bertz CT molecular complexity index is 705. The molecule has 3 aromatic rings. The van der Waals surface area contributed by atoms with Crippen LogP contribution in [0.3, 0.4) is 0 Å². The van der Waals surface area contributed by atoms with Gasteiger partial charge in [0.05, 0.1) is 9.48 Å². The Hall–Kier alpha value is -0.970. The maximum atomic E-state index is 4.77. The normalized spacial score (nSPS) is 10.7. The minimum absolute atomic E-state index is 0.876. The van der Waals surface area contributed by atoms with Crippen molar-refractivity contribution in [2.45, 2.75) is 5.33 Å². The van der Waals surface area contributed by atoms with E-state index < -0.39 is 0 Å². The van der Waals surface area contributed by atoms with Gasteiger partial charge in [-0.05, 0) is 21.5 Å². The number of alkyl halides is 1. The molecule has 0 amide bonds. The smallest absolute Gasteiger partial charge is 0.125 e. The summed E-state index contributed by atoms with van der Waals surface area (Å²) in [6.07, 6.45) is 0. The summed E-state index contributed by atoms with van der Waals surface area (Å²) in [4.78, 5) is 4.77. The lowest BCUT2D eigenvalue weighted by Gasteiger charge is -2.00. The molecule has 100 valence electrons. The molecule has 4 heteroatoms. The number of nitrogens with zero attached hydrogens (tertiary/aromatic N) is 1. The van der Waals surface area contributed by atoms with Gasteiger partial charge >= 0.3 is 0 Å². The molecule has 20 heavy (non-hydrogen) atoms. The average Bonchev–Trinajstić information content (AvgIpc) is 2.90. The molecule has 0 N–H and O–H groups in total. The van der Waals surface area contributed by atoms with Gasteiger partial charge in [0, 0.05) is 16.5 Å². The predicted molar refractivity (Wildman–Crippen MR) is 93.3 cm³/mol. The highest BCUT2D eigenvalue weighted by atomic mass is 79.9. The van der Waals surface area contributed by atoms with E-state index in [1.807, 2.05) is 18.2 Å². The lowest BCUT2D eigenvalue weighted by atomic mass is 10.1. The Morgan fingerprint density at radius 2 is 1.60 bits per heavy atom. The molecule has 0 aliphatic carbocycles. The molecule has 3 rings (SSSR count). The second-order valence-corrected chi connectivity index (χ2v) is 7.22. The van der Waals surface area contributed by atoms with E-state index in [0.717, 1.165) is 30.9 Å². The monoisotopic (exact) mass is 407 g/mol. The quantitative estimate of drug-likeness (QED) is 0.474. The summed E-state index contributed by atoms with van der Waals surface area (Å²) in [5.74, 6) is 0. The zero-order valence-corrected chi connectivity index (χ0v) is 14.5. The predicted octanol–water partition coefficient (Wildman–Crippen LogP) is 6.13. The van der Waals surface area contributed by atoms with Crippen LogP contribution in [0.2, 0.25) is 0 Å². The Morgan fingerprint density at radius 3 is 2.25 bits per heavy atom. The van der Waals surface area contributed by atoms with Gasteiger partial charge in [-0.2, -0.15) is 0 Å². The van der Waals surface area contributed by atoms with Gasteiger partial charge in [0.1, 0.15) is 5.01 Å². The van der Waals surface area contributed by atoms with Crippen LogP contribution in [0.5, 0.6) is 0 Å². The summed E-state index contributed by atoms with van der Waals surface area (Å²) in [6, 6.07) is 18.7. The van der Waals surface area contributed by atoms with E-state index in [1.165, 1.54) is 5.56 Å². The second kappa shape index (κ2) is 6.20. The van der Waals surface area contributed by atoms with Gasteiger partial charge in [0.2, 0.25) is 0 Å². The Kier molecular flexibility index (Phi) is 4.34. The van der Waals surface area contributed by atoms with Crippen molar-refractivity contribution < 1.29 is 0 Å². The molecule has 2 aromatic carbocycles. The van der Waals surface area contributed by atoms with Crippen LogP contribution in [-0.4, -0.2) is 4.98 Å². The van der Waals surface area contributed by atoms with E-state index in [1.54, 1.807) is 11.3 Å². The van der Waals surface area contributed by atoms with Crippen LogP contribution in [0.4, 0.5) is 0 Å². The first-order chi connectivity index (χ1) is 9.78. The summed E-state index contributed by atoms with van der Waals surface area (Å²) < 4.78 is 1.07. The Balaban J connectivity index is 2.00. The molecule has 0 aliphatic rings. The molecule has 0 bridgehead atoms. The highest BCUT2D eigenvalue weighted by Gasteiger charge is 2.12. The molecular weight excluding hydrogens is 398 g/mol. The lowest BCUT2D eigenvalue weighted by molar-refractivity contribution is 1.37. The van der Waals surface area contributed by atoms with Crippen molar-refractivity contribution in [2.75, 3.05) is 0 Å². The fraction of sp³-hybridized carbons (Fsp3) is 0.0625. The molecule has 0 saturated heterocycles. The standard InChI is InChI=1S/C16H11Br2NS/c17-10-11-6-8-12(9-7-11)14-15(18)20-16(19-14)13-4-2-1-3-5-13/h1-9H,10H2. The summed E-state index contributed by atoms with van der Waals surface area (Å²) in [5, 5.41) is 1.91. The second-order valence-electron chi connectivity index (χ2n) is 4.34. The Labute approximate surface area is 139 Å². The number of rotatable bonds is 3. The molecule has 0 aliphatic heterocycles. The fourth-order valence-electron chi connectivity index (χ4n) is 1.94. The van der Waals surface area contributed by atoms with Crippen molar-refractivity contribution in [3.8, 4) is 21.8 Å². The van der Waals surface area contributed by atoms with Crippen LogP contribution >= 0.6 is 43.2 Å². The van der Waals surface area contributed by atoms with Crippen molar-refractivity contribution in [3.63, 3.8) is 0 Å². The minimum Gasteiger partial charge on any atom is -0.235 e. The van der Waals surface area contributed by atoms with Gasteiger partial charge < -0.3 is 0 Å². The Morgan fingerprint density at radius 1 is 0.900 bits per heavy atom. The third-order valence-electron chi connectivity index (χ3n) is 2.99. The molecule has 1 aromatic heterocycles. The van der Waals surface area contributed by atoms with Gasteiger partial charge in [-0.1, -0.05) is 70.5 Å². The van der Waals surface area contributed by atoms with Gasteiger partial charge in [-0.15, -0.1) is 11.3 Å². The summed E-state index contributed by atoms with van der Waals surface area (Å²) >= 11 is 8.77. The molecule has 0 spiro atoms. The van der Waals surface area contributed by atoms with Crippen LogP contribution in [0.25, 0.3) is 21.8 Å². The van der Waals surface area contributed by atoms with Crippen LogP contribution in [-0.2, 0) is 5.33 Å². The van der Waals surface area contributed by atoms with Gasteiger partial charge in [-0.3, -0.25) is 0 Å². The zero-order chi connectivity index (χ0) is 13.9. The molecule has 0 unspecified atom stereocenters. The van der Waals surface area contributed by atoms with Crippen LogP contribution < -0.4 is 0 Å². The number of thiazole rings is 1. The van der Waals surface area contributed by atoms with Crippen molar-refractivity contribution in [1.82, 2.24) is 4.98 Å². The van der Waals surface area contributed by atoms with Crippen molar-refractivity contribution >= 4 is 43.2 Å². The van der Waals surface area contributed by atoms with Gasteiger partial charge in [0.25, 0.3) is 0 Å². The maximum Gasteiger partial charge on any atom is 0.125 e. The number of hydrogen-bond acceptors (Lipinski definition) is 2. The first kappa shape index (κ1) is 14.0. The molecular formula is C16H11Br2NS. The van der Waals surface area contributed by atoms with E-state index in [2.05, 4.69) is 68.3 Å². The third kappa shape index (κ3) is 2.87. The third-order valence-corrected chi connectivity index (χ3v) is 5.39. The fourth-order valence-corrected chi connectivity index (χ4v) is 3.91. The first-order valence-corrected chi connectivity index (χ1v) is 8.88. The van der Waals surface area contributed by atoms with Crippen LogP contribution in [0.1, 0.15) is 5.56 Å². The number of benzene rings is 2. The molecule has 0 fully saturated rings. The summed E-state index contributed by atoms with van der Waals surface area (Å²) in [7, 11) is 0. The molecule has 1 nitrogen and oxygen atoms in total. The number of hydrogen-bond donors (Lipinski definition) is 0. The highest BCUT2D eigenvalue weighted by molar-refractivity contribution is 9.11. The minimum atomic E-state index is 0.876. The molecule has 0 radical (unpaired) electrons. The topological polar surface area (TPSA) is 12.9 Å². The van der Waals surface area contributed by atoms with Crippen LogP contribution in [0, 0.1) is 0 Å². The SMILES string of the molecule is BrCc1ccc(-c2nc(-c3ccccc3)sc2Br)cc1. The lowest BCUT2D eigenvalue weighted by Crippen LogP contribution is -1.82. The van der Waals surface area contributed by atoms with E-state index in [0.29, 0.717) is 0 Å².